The number of hydrogen-bond donors (Lipinski definition) is 3. The first-order valence-electron chi connectivity index (χ1n) is 8.96. The Kier molecular flexibility index (Phi) is 7.59. The summed E-state index contributed by atoms with van der Waals surface area (Å²) in [5.74, 6) is 1.25. The van der Waals surface area contributed by atoms with Gasteiger partial charge in [0.05, 0.1) is 12.2 Å². The van der Waals surface area contributed by atoms with Gasteiger partial charge < -0.3 is 20.5 Å². The molecule has 0 radical (unpaired) electrons. The van der Waals surface area contributed by atoms with Gasteiger partial charge in [-0.25, -0.2) is 0 Å². The molecule has 3 N–H and O–H groups in total. The number of aliphatic imine (C=N–C) groups is 1. The molecule has 146 valence electrons. The lowest BCUT2D eigenvalue weighted by molar-refractivity contribution is -0.188. The van der Waals surface area contributed by atoms with E-state index >= 15 is 0 Å². The predicted molar refractivity (Wildman–Crippen MR) is 116 cm³/mol. The van der Waals surface area contributed by atoms with E-state index in [0.717, 1.165) is 24.6 Å². The summed E-state index contributed by atoms with van der Waals surface area (Å²) in [6.45, 7) is 5.75. The first-order chi connectivity index (χ1) is 11.9. The quantitative estimate of drug-likeness (QED) is 0.342. The van der Waals surface area contributed by atoms with Crippen LogP contribution in [0.5, 0.6) is 0 Å². The van der Waals surface area contributed by atoms with E-state index in [-0.39, 0.29) is 29.4 Å². The Labute approximate surface area is 178 Å². The number of hydrogen-bond acceptors (Lipinski definition) is 3. The summed E-state index contributed by atoms with van der Waals surface area (Å²) in [5, 5.41) is 17.8. The summed E-state index contributed by atoms with van der Waals surface area (Å²) in [5.41, 5.74) is 0.911. The molecule has 1 aromatic rings. The van der Waals surface area contributed by atoms with Crippen molar-refractivity contribution in [2.75, 3.05) is 20.2 Å². The van der Waals surface area contributed by atoms with E-state index in [1.165, 1.54) is 6.42 Å². The summed E-state index contributed by atoms with van der Waals surface area (Å²) in [6.07, 6.45) is 2.03. The van der Waals surface area contributed by atoms with Crippen molar-refractivity contribution in [3.63, 3.8) is 0 Å². The molecule has 1 saturated carbocycles. The monoisotopic (exact) mass is 493 g/mol. The van der Waals surface area contributed by atoms with Gasteiger partial charge in [-0.2, -0.15) is 0 Å². The van der Waals surface area contributed by atoms with Crippen LogP contribution in [0.3, 0.4) is 0 Å². The first kappa shape index (κ1) is 21.7. The van der Waals surface area contributed by atoms with Crippen LogP contribution in [-0.4, -0.2) is 43.4 Å². The molecule has 1 saturated heterocycles. The van der Waals surface area contributed by atoms with Crippen molar-refractivity contribution in [2.45, 2.75) is 44.9 Å². The van der Waals surface area contributed by atoms with Gasteiger partial charge in [-0.3, -0.25) is 4.99 Å². The number of aliphatic hydroxyl groups excluding tert-OH is 1. The van der Waals surface area contributed by atoms with E-state index in [0.29, 0.717) is 29.6 Å². The molecule has 0 spiro atoms. The Morgan fingerprint density at radius 2 is 2.08 bits per heavy atom. The van der Waals surface area contributed by atoms with Crippen molar-refractivity contribution < 1.29 is 9.84 Å². The fraction of sp³-hybridized carbons (Fsp3) is 0.632. The molecule has 4 atom stereocenters. The van der Waals surface area contributed by atoms with Crippen molar-refractivity contribution in [3.05, 3.63) is 34.9 Å². The van der Waals surface area contributed by atoms with E-state index in [2.05, 4.69) is 29.5 Å². The predicted octanol–water partition coefficient (Wildman–Crippen LogP) is 3.36. The minimum atomic E-state index is -0.615. The Morgan fingerprint density at radius 1 is 1.38 bits per heavy atom. The SMILES string of the molecule is CN=C(NCC(O)c1ccc(Cl)cc1)NC1C2CCCOC2C1(C)C.I. The highest BCUT2D eigenvalue weighted by Crippen LogP contribution is 2.51. The van der Waals surface area contributed by atoms with Gasteiger partial charge >= 0.3 is 0 Å². The molecule has 5 nitrogen and oxygen atoms in total. The average Bonchev–Trinajstić information content (AvgIpc) is 2.62. The minimum Gasteiger partial charge on any atom is -0.387 e. The molecule has 0 aromatic heterocycles. The molecule has 1 aliphatic carbocycles. The second kappa shape index (κ2) is 9.08. The molecule has 2 aliphatic rings. The number of benzene rings is 1. The number of aliphatic hydroxyl groups is 1. The zero-order valence-corrected chi connectivity index (χ0v) is 18.6. The van der Waals surface area contributed by atoms with E-state index in [1.807, 2.05) is 12.1 Å². The Bertz CT molecular complexity index is 624. The molecular formula is C19H29ClIN3O2. The minimum absolute atomic E-state index is 0. The molecule has 3 rings (SSSR count). The summed E-state index contributed by atoms with van der Waals surface area (Å²) >= 11 is 5.89. The van der Waals surface area contributed by atoms with Crippen LogP contribution in [-0.2, 0) is 4.74 Å². The van der Waals surface area contributed by atoms with Crippen LogP contribution in [0.4, 0.5) is 0 Å². The van der Waals surface area contributed by atoms with E-state index in [4.69, 9.17) is 16.3 Å². The molecule has 26 heavy (non-hydrogen) atoms. The highest BCUT2D eigenvalue weighted by atomic mass is 127. The van der Waals surface area contributed by atoms with Gasteiger partial charge in [0.1, 0.15) is 0 Å². The standard InChI is InChI=1S/C19H28ClN3O2.HI/c1-19(2)16(14-5-4-10-25-17(14)19)23-18(21-3)22-11-15(24)12-6-8-13(20)9-7-12;/h6-9,14-17,24H,4-5,10-11H2,1-3H3,(H2,21,22,23);1H. The van der Waals surface area contributed by atoms with Crippen LogP contribution in [0.25, 0.3) is 0 Å². The maximum absolute atomic E-state index is 10.3. The molecule has 1 aliphatic heterocycles. The zero-order chi connectivity index (χ0) is 18.0. The molecule has 1 heterocycles. The summed E-state index contributed by atoms with van der Waals surface area (Å²) in [4.78, 5) is 4.31. The zero-order valence-electron chi connectivity index (χ0n) is 15.5. The van der Waals surface area contributed by atoms with Gasteiger partial charge in [-0.1, -0.05) is 37.6 Å². The summed E-state index contributed by atoms with van der Waals surface area (Å²) in [7, 11) is 1.75. The fourth-order valence-corrected chi connectivity index (χ4v) is 4.28. The van der Waals surface area contributed by atoms with Crippen LogP contribution in [0, 0.1) is 11.3 Å². The van der Waals surface area contributed by atoms with Gasteiger partial charge in [0, 0.05) is 42.6 Å². The van der Waals surface area contributed by atoms with Crippen LogP contribution in [0.1, 0.15) is 38.4 Å². The lowest BCUT2D eigenvalue weighted by Gasteiger charge is -2.60. The number of nitrogens with zero attached hydrogens (tertiary/aromatic N) is 1. The van der Waals surface area contributed by atoms with Crippen molar-refractivity contribution in [1.29, 1.82) is 0 Å². The third-order valence-corrected chi connectivity index (χ3v) is 5.82. The van der Waals surface area contributed by atoms with E-state index < -0.39 is 6.10 Å². The first-order valence-corrected chi connectivity index (χ1v) is 9.33. The highest BCUT2D eigenvalue weighted by molar-refractivity contribution is 14.0. The number of rotatable bonds is 4. The van der Waals surface area contributed by atoms with Crippen LogP contribution in [0.15, 0.2) is 29.3 Å². The summed E-state index contributed by atoms with van der Waals surface area (Å²) in [6, 6.07) is 7.57. The van der Waals surface area contributed by atoms with Gasteiger partial charge in [0.25, 0.3) is 0 Å². The van der Waals surface area contributed by atoms with Crippen LogP contribution >= 0.6 is 35.6 Å². The number of halogens is 2. The molecule has 2 fully saturated rings. The van der Waals surface area contributed by atoms with Gasteiger partial charge in [-0.15, -0.1) is 24.0 Å². The number of nitrogens with one attached hydrogen (secondary N) is 2. The molecular weight excluding hydrogens is 465 g/mol. The third kappa shape index (κ3) is 4.46. The molecule has 0 amide bonds. The van der Waals surface area contributed by atoms with Crippen molar-refractivity contribution in [2.24, 2.45) is 16.3 Å². The van der Waals surface area contributed by atoms with Crippen molar-refractivity contribution in [3.8, 4) is 0 Å². The maximum Gasteiger partial charge on any atom is 0.191 e. The Hall–Kier alpha value is -0.570. The average molecular weight is 494 g/mol. The van der Waals surface area contributed by atoms with E-state index in [1.54, 1.807) is 19.2 Å². The fourth-order valence-electron chi connectivity index (χ4n) is 4.15. The number of ether oxygens (including phenoxy) is 1. The van der Waals surface area contributed by atoms with Crippen LogP contribution < -0.4 is 10.6 Å². The summed E-state index contributed by atoms with van der Waals surface area (Å²) < 4.78 is 5.95. The molecule has 4 unspecified atom stereocenters. The van der Waals surface area contributed by atoms with Crippen LogP contribution in [0.2, 0.25) is 5.02 Å². The normalized spacial score (nSPS) is 28.2. The Morgan fingerprint density at radius 3 is 2.73 bits per heavy atom. The lowest BCUT2D eigenvalue weighted by Crippen LogP contribution is -2.71. The van der Waals surface area contributed by atoms with Crippen molar-refractivity contribution >= 4 is 41.5 Å². The van der Waals surface area contributed by atoms with E-state index in [9.17, 15) is 5.11 Å². The Balaban J connectivity index is 0.00000243. The maximum atomic E-state index is 10.3. The number of guanidine groups is 1. The largest absolute Gasteiger partial charge is 0.387 e. The van der Waals surface area contributed by atoms with Gasteiger partial charge in [-0.05, 0) is 30.5 Å². The molecule has 0 bridgehead atoms. The van der Waals surface area contributed by atoms with Gasteiger partial charge in [0.2, 0.25) is 0 Å². The number of fused-ring (bicyclic) bond motifs is 1. The molecule has 1 aromatic carbocycles. The van der Waals surface area contributed by atoms with Gasteiger partial charge in [0.15, 0.2) is 5.96 Å². The second-order valence-electron chi connectivity index (χ2n) is 7.56. The molecule has 7 heteroatoms. The highest BCUT2D eigenvalue weighted by Gasteiger charge is 2.58. The second-order valence-corrected chi connectivity index (χ2v) is 8.00. The topological polar surface area (TPSA) is 65.9 Å². The van der Waals surface area contributed by atoms with Crippen molar-refractivity contribution in [1.82, 2.24) is 10.6 Å². The lowest BCUT2D eigenvalue weighted by atomic mass is 9.55. The smallest absolute Gasteiger partial charge is 0.191 e. The third-order valence-electron chi connectivity index (χ3n) is 5.56.